The van der Waals surface area contributed by atoms with Crippen molar-refractivity contribution < 1.29 is 10.5 Å². The minimum Gasteiger partial charge on any atom is -0.294 e. The molecule has 0 bridgehead atoms. The van der Waals surface area contributed by atoms with Crippen LogP contribution in [0.2, 0.25) is 0 Å². The van der Waals surface area contributed by atoms with E-state index in [2.05, 4.69) is 18.7 Å². The average Bonchev–Trinajstić information content (AvgIpc) is 2.08. The summed E-state index contributed by atoms with van der Waals surface area (Å²) in [7, 11) is 0. The van der Waals surface area contributed by atoms with Gasteiger partial charge in [-0.05, 0) is 37.5 Å². The minimum atomic E-state index is -0.0834. The maximum Gasteiger partial charge on any atom is 0.316 e. The summed E-state index contributed by atoms with van der Waals surface area (Å²) in [6.45, 7) is 6.00. The SMILES string of the molecule is Cc1cccc(C(C)C([NH3+])=O)c1C. The fourth-order valence-electron chi connectivity index (χ4n) is 1.42. The van der Waals surface area contributed by atoms with Gasteiger partial charge < -0.3 is 0 Å². The molecule has 0 spiro atoms. The van der Waals surface area contributed by atoms with Crippen molar-refractivity contribution in [3.8, 4) is 0 Å². The third-order valence-corrected chi connectivity index (χ3v) is 2.60. The van der Waals surface area contributed by atoms with Crippen molar-refractivity contribution in [1.82, 2.24) is 0 Å². The Balaban J connectivity index is 3.15. The molecule has 1 aromatic rings. The van der Waals surface area contributed by atoms with E-state index in [9.17, 15) is 4.79 Å². The Kier molecular flexibility index (Phi) is 2.83. The van der Waals surface area contributed by atoms with Gasteiger partial charge in [0, 0.05) is 0 Å². The first-order valence-electron chi connectivity index (χ1n) is 4.46. The van der Waals surface area contributed by atoms with Crippen molar-refractivity contribution in [1.29, 1.82) is 0 Å². The number of carbonyl (C=O) groups is 1. The molecule has 0 aliphatic heterocycles. The first-order chi connectivity index (χ1) is 6.04. The molecule has 0 saturated heterocycles. The summed E-state index contributed by atoms with van der Waals surface area (Å²) in [5, 5.41) is 0. The molecule has 0 aliphatic carbocycles. The van der Waals surface area contributed by atoms with E-state index in [1.807, 2.05) is 26.0 Å². The molecule has 1 rings (SSSR count). The lowest BCUT2D eigenvalue weighted by atomic mass is 9.93. The van der Waals surface area contributed by atoms with E-state index in [-0.39, 0.29) is 11.8 Å². The highest BCUT2D eigenvalue weighted by atomic mass is 16.1. The molecule has 0 heterocycles. The summed E-state index contributed by atoms with van der Waals surface area (Å²) in [6.07, 6.45) is 0. The number of benzene rings is 1. The van der Waals surface area contributed by atoms with E-state index in [0.29, 0.717) is 0 Å². The van der Waals surface area contributed by atoms with Crippen molar-refractivity contribution >= 4 is 5.91 Å². The van der Waals surface area contributed by atoms with Gasteiger partial charge in [0.05, 0.1) is 5.92 Å². The standard InChI is InChI=1S/C11H15NO/c1-7-5-4-6-10(8(7)2)9(3)11(12)13/h4-6,9H,1-3H3,(H2,12,13)/p+1. The minimum absolute atomic E-state index is 0.0197. The summed E-state index contributed by atoms with van der Waals surface area (Å²) in [5.74, 6) is -0.103. The lowest BCUT2D eigenvalue weighted by Gasteiger charge is -2.10. The highest BCUT2D eigenvalue weighted by Gasteiger charge is 2.17. The van der Waals surface area contributed by atoms with Crippen molar-refractivity contribution in [3.05, 3.63) is 34.9 Å². The van der Waals surface area contributed by atoms with Gasteiger partial charge in [0.1, 0.15) is 0 Å². The van der Waals surface area contributed by atoms with Crippen LogP contribution in [-0.4, -0.2) is 5.91 Å². The Hall–Kier alpha value is -1.15. The van der Waals surface area contributed by atoms with E-state index in [1.165, 1.54) is 11.1 Å². The fraction of sp³-hybridized carbons (Fsp3) is 0.364. The molecule has 1 unspecified atom stereocenters. The highest BCUT2D eigenvalue weighted by Crippen LogP contribution is 2.20. The van der Waals surface area contributed by atoms with Crippen molar-refractivity contribution in [2.75, 3.05) is 0 Å². The number of rotatable bonds is 2. The third-order valence-electron chi connectivity index (χ3n) is 2.60. The number of carbonyl (C=O) groups excluding carboxylic acids is 1. The predicted molar refractivity (Wildman–Crippen MR) is 52.2 cm³/mol. The highest BCUT2D eigenvalue weighted by molar-refractivity contribution is 5.74. The largest absolute Gasteiger partial charge is 0.316 e. The number of hydrogen-bond acceptors (Lipinski definition) is 1. The predicted octanol–water partition coefficient (Wildman–Crippen LogP) is 1.18. The molecule has 3 N–H and O–H groups in total. The van der Waals surface area contributed by atoms with Crippen LogP contribution in [0.4, 0.5) is 0 Å². The summed E-state index contributed by atoms with van der Waals surface area (Å²) in [4.78, 5) is 11.1. The molecular weight excluding hydrogens is 162 g/mol. The lowest BCUT2D eigenvalue weighted by molar-refractivity contribution is -0.307. The maximum absolute atomic E-state index is 11.1. The van der Waals surface area contributed by atoms with Gasteiger partial charge in [-0.3, -0.25) is 5.73 Å². The van der Waals surface area contributed by atoms with Crippen molar-refractivity contribution in [3.63, 3.8) is 0 Å². The van der Waals surface area contributed by atoms with Crippen molar-refractivity contribution in [2.45, 2.75) is 26.7 Å². The van der Waals surface area contributed by atoms with Gasteiger partial charge in [0.15, 0.2) is 0 Å². The van der Waals surface area contributed by atoms with Crippen LogP contribution in [0.15, 0.2) is 18.2 Å². The fourth-order valence-corrected chi connectivity index (χ4v) is 1.42. The van der Waals surface area contributed by atoms with Crippen LogP contribution in [0.25, 0.3) is 0 Å². The molecule has 70 valence electrons. The molecule has 2 heteroatoms. The zero-order valence-electron chi connectivity index (χ0n) is 8.42. The number of quaternary nitrogens is 1. The van der Waals surface area contributed by atoms with Crippen LogP contribution < -0.4 is 5.73 Å². The van der Waals surface area contributed by atoms with E-state index in [0.717, 1.165) is 5.56 Å². The Labute approximate surface area is 78.8 Å². The maximum atomic E-state index is 11.1. The number of aryl methyl sites for hydroxylation is 1. The molecular formula is C11H16NO+. The molecule has 1 aromatic carbocycles. The zero-order valence-corrected chi connectivity index (χ0v) is 8.42. The van der Waals surface area contributed by atoms with Gasteiger partial charge >= 0.3 is 5.91 Å². The number of hydrogen-bond donors (Lipinski definition) is 1. The van der Waals surface area contributed by atoms with Crippen LogP contribution >= 0.6 is 0 Å². The van der Waals surface area contributed by atoms with Crippen LogP contribution in [0.3, 0.4) is 0 Å². The van der Waals surface area contributed by atoms with E-state index < -0.39 is 0 Å². The Morgan fingerprint density at radius 3 is 2.54 bits per heavy atom. The summed E-state index contributed by atoms with van der Waals surface area (Å²) >= 11 is 0. The monoisotopic (exact) mass is 178 g/mol. The second-order valence-corrected chi connectivity index (χ2v) is 3.48. The van der Waals surface area contributed by atoms with Gasteiger partial charge in [0.2, 0.25) is 0 Å². The molecule has 0 aromatic heterocycles. The van der Waals surface area contributed by atoms with Gasteiger partial charge in [-0.1, -0.05) is 18.2 Å². The second-order valence-electron chi connectivity index (χ2n) is 3.48. The lowest BCUT2D eigenvalue weighted by Crippen LogP contribution is -2.59. The summed E-state index contributed by atoms with van der Waals surface area (Å²) < 4.78 is 0. The smallest absolute Gasteiger partial charge is 0.294 e. The van der Waals surface area contributed by atoms with Crippen molar-refractivity contribution in [2.24, 2.45) is 0 Å². The number of amides is 1. The molecule has 13 heavy (non-hydrogen) atoms. The molecule has 0 saturated carbocycles. The van der Waals surface area contributed by atoms with Crippen LogP contribution in [0.1, 0.15) is 29.5 Å². The first kappa shape index (κ1) is 9.93. The van der Waals surface area contributed by atoms with Crippen LogP contribution in [0, 0.1) is 13.8 Å². The molecule has 0 radical (unpaired) electrons. The molecule has 1 amide bonds. The molecule has 0 fully saturated rings. The Morgan fingerprint density at radius 1 is 1.38 bits per heavy atom. The van der Waals surface area contributed by atoms with Crippen LogP contribution in [0.5, 0.6) is 0 Å². The Bertz CT molecular complexity index is 331. The summed E-state index contributed by atoms with van der Waals surface area (Å²) in [6, 6.07) is 6.03. The first-order valence-corrected chi connectivity index (χ1v) is 4.46. The quantitative estimate of drug-likeness (QED) is 0.726. The van der Waals surface area contributed by atoms with E-state index in [4.69, 9.17) is 0 Å². The molecule has 0 aliphatic rings. The van der Waals surface area contributed by atoms with Crippen LogP contribution in [-0.2, 0) is 4.79 Å². The second kappa shape index (κ2) is 3.71. The zero-order chi connectivity index (χ0) is 10.0. The van der Waals surface area contributed by atoms with Gasteiger partial charge in [-0.25, -0.2) is 4.79 Å². The van der Waals surface area contributed by atoms with Gasteiger partial charge in [-0.15, -0.1) is 0 Å². The van der Waals surface area contributed by atoms with E-state index in [1.54, 1.807) is 0 Å². The van der Waals surface area contributed by atoms with Gasteiger partial charge in [-0.2, -0.15) is 0 Å². The van der Waals surface area contributed by atoms with Gasteiger partial charge in [0.25, 0.3) is 0 Å². The average molecular weight is 178 g/mol. The van der Waals surface area contributed by atoms with E-state index >= 15 is 0 Å². The topological polar surface area (TPSA) is 44.7 Å². The Morgan fingerprint density at radius 2 is 2.00 bits per heavy atom. The molecule has 1 atom stereocenters. The molecule has 2 nitrogen and oxygen atoms in total. The normalized spacial score (nSPS) is 12.6. The summed E-state index contributed by atoms with van der Waals surface area (Å²) in [5.41, 5.74) is 6.97. The third kappa shape index (κ3) is 1.95.